The normalized spacial score (nSPS) is 27.5. The second kappa shape index (κ2) is 7.65. The summed E-state index contributed by atoms with van der Waals surface area (Å²) in [5, 5.41) is 9.23. The maximum atomic E-state index is 12.9. The van der Waals surface area contributed by atoms with Crippen LogP contribution in [0.1, 0.15) is 44.1 Å². The maximum absolute atomic E-state index is 12.9. The number of carboxylic acids is 1. The topological polar surface area (TPSA) is 57.6 Å². The van der Waals surface area contributed by atoms with E-state index in [0.717, 1.165) is 37.8 Å². The van der Waals surface area contributed by atoms with Gasteiger partial charge in [0.25, 0.3) is 0 Å². The molecule has 1 aliphatic heterocycles. The Bertz CT molecular complexity index is 611. The molecule has 3 atom stereocenters. The van der Waals surface area contributed by atoms with Gasteiger partial charge < -0.3 is 10.0 Å². The van der Waals surface area contributed by atoms with E-state index in [1.165, 1.54) is 0 Å². The maximum Gasteiger partial charge on any atom is 0.306 e. The third kappa shape index (κ3) is 3.86. The zero-order chi connectivity index (χ0) is 16.9. The summed E-state index contributed by atoms with van der Waals surface area (Å²) >= 11 is 0. The van der Waals surface area contributed by atoms with Crippen LogP contribution in [0.5, 0.6) is 0 Å². The summed E-state index contributed by atoms with van der Waals surface area (Å²) in [6.07, 6.45) is 9.08. The Balaban J connectivity index is 1.65. The number of hydrogen-bond donors (Lipinski definition) is 1. The molecule has 3 unspecified atom stereocenters. The zero-order valence-electron chi connectivity index (χ0n) is 13.9. The third-order valence-corrected chi connectivity index (χ3v) is 5.27. The molecular weight excluding hydrogens is 302 g/mol. The molecule has 0 aromatic heterocycles. The number of carboxylic acid groups (broad SMARTS) is 1. The van der Waals surface area contributed by atoms with Gasteiger partial charge in [0.1, 0.15) is 0 Å². The second-order valence-corrected chi connectivity index (χ2v) is 6.91. The lowest BCUT2D eigenvalue weighted by Gasteiger charge is -2.31. The van der Waals surface area contributed by atoms with E-state index in [0.29, 0.717) is 12.8 Å². The molecule has 0 bridgehead atoms. The lowest BCUT2D eigenvalue weighted by molar-refractivity contribution is -0.145. The Morgan fingerprint density at radius 3 is 2.54 bits per heavy atom. The molecule has 1 saturated carbocycles. The van der Waals surface area contributed by atoms with Crippen LogP contribution < -0.4 is 0 Å². The van der Waals surface area contributed by atoms with Gasteiger partial charge in [-0.25, -0.2) is 0 Å². The molecule has 3 rings (SSSR count). The van der Waals surface area contributed by atoms with Crippen molar-refractivity contribution in [1.29, 1.82) is 0 Å². The van der Waals surface area contributed by atoms with Gasteiger partial charge in [-0.1, -0.05) is 48.9 Å². The van der Waals surface area contributed by atoms with E-state index in [1.54, 1.807) is 0 Å². The number of carbonyl (C=O) groups excluding carboxylic acids is 1. The minimum Gasteiger partial charge on any atom is -0.481 e. The number of amides is 1. The van der Waals surface area contributed by atoms with Crippen LogP contribution >= 0.6 is 0 Å². The molecule has 24 heavy (non-hydrogen) atoms. The van der Waals surface area contributed by atoms with Gasteiger partial charge in [0, 0.05) is 12.5 Å². The van der Waals surface area contributed by atoms with Crippen LogP contribution in [0.4, 0.5) is 0 Å². The first kappa shape index (κ1) is 16.7. The average molecular weight is 327 g/mol. The number of likely N-dealkylation sites (tertiary alicyclic amines) is 1. The van der Waals surface area contributed by atoms with Crippen LogP contribution in [-0.4, -0.2) is 34.5 Å². The summed E-state index contributed by atoms with van der Waals surface area (Å²) in [6.45, 7) is 0.789. The Morgan fingerprint density at radius 1 is 1.04 bits per heavy atom. The summed E-state index contributed by atoms with van der Waals surface area (Å²) in [5.41, 5.74) is 1.14. The van der Waals surface area contributed by atoms with Crippen LogP contribution in [0, 0.1) is 11.8 Å². The number of nitrogens with zero attached hydrogens (tertiary/aromatic N) is 1. The van der Waals surface area contributed by atoms with Gasteiger partial charge >= 0.3 is 5.97 Å². The fraction of sp³-hybridized carbons (Fsp3) is 0.500. The van der Waals surface area contributed by atoms with E-state index in [2.05, 4.69) is 24.3 Å². The Labute approximate surface area is 143 Å². The SMILES string of the molecule is O=C(O)C1CCCC(C(=O)N2CCCC2/C=C/c2ccccc2)C1. The highest BCUT2D eigenvalue weighted by Gasteiger charge is 2.36. The van der Waals surface area contributed by atoms with Gasteiger partial charge in [0.2, 0.25) is 5.91 Å². The van der Waals surface area contributed by atoms with Crippen molar-refractivity contribution in [3.8, 4) is 0 Å². The highest BCUT2D eigenvalue weighted by atomic mass is 16.4. The highest BCUT2D eigenvalue weighted by Crippen LogP contribution is 2.32. The molecular formula is C20H25NO3. The van der Waals surface area contributed by atoms with Gasteiger partial charge in [-0.2, -0.15) is 0 Å². The van der Waals surface area contributed by atoms with Crippen molar-refractivity contribution in [2.75, 3.05) is 6.54 Å². The van der Waals surface area contributed by atoms with Gasteiger partial charge in [-0.05, 0) is 37.7 Å². The van der Waals surface area contributed by atoms with Crippen LogP contribution in [-0.2, 0) is 9.59 Å². The molecule has 4 nitrogen and oxygen atoms in total. The summed E-state index contributed by atoms with van der Waals surface area (Å²) in [7, 11) is 0. The molecule has 4 heteroatoms. The number of aliphatic carboxylic acids is 1. The molecule has 1 saturated heterocycles. The number of hydrogen-bond acceptors (Lipinski definition) is 2. The lowest BCUT2D eigenvalue weighted by atomic mass is 9.80. The molecule has 1 amide bonds. The number of carbonyl (C=O) groups is 2. The first-order valence-electron chi connectivity index (χ1n) is 8.91. The van der Waals surface area contributed by atoms with Gasteiger partial charge in [-0.3, -0.25) is 9.59 Å². The molecule has 1 aliphatic carbocycles. The van der Waals surface area contributed by atoms with E-state index < -0.39 is 5.97 Å². The molecule has 1 N–H and O–H groups in total. The van der Waals surface area contributed by atoms with Crippen LogP contribution in [0.15, 0.2) is 36.4 Å². The molecule has 2 fully saturated rings. The third-order valence-electron chi connectivity index (χ3n) is 5.27. The Morgan fingerprint density at radius 2 is 1.79 bits per heavy atom. The van der Waals surface area contributed by atoms with Crippen molar-refractivity contribution in [2.24, 2.45) is 11.8 Å². The average Bonchev–Trinajstić information content (AvgIpc) is 3.09. The molecule has 1 aromatic rings. The predicted molar refractivity (Wildman–Crippen MR) is 93.3 cm³/mol. The summed E-state index contributed by atoms with van der Waals surface area (Å²) in [4.78, 5) is 26.1. The standard InChI is InChI=1S/C20H25NO3/c22-19(16-8-4-9-17(14-16)20(23)24)21-13-5-10-18(21)12-11-15-6-2-1-3-7-15/h1-3,6-7,11-12,16-18H,4-5,8-10,13-14H2,(H,23,24)/b12-11+. The molecule has 0 spiro atoms. The lowest BCUT2D eigenvalue weighted by Crippen LogP contribution is -2.41. The van der Waals surface area contributed by atoms with Gasteiger partial charge in [0.05, 0.1) is 12.0 Å². The Kier molecular flexibility index (Phi) is 5.34. The van der Waals surface area contributed by atoms with E-state index in [4.69, 9.17) is 0 Å². The summed E-state index contributed by atoms with van der Waals surface area (Å²) < 4.78 is 0. The molecule has 0 radical (unpaired) electrons. The minimum atomic E-state index is -0.755. The first-order chi connectivity index (χ1) is 11.6. The predicted octanol–water partition coefficient (Wildman–Crippen LogP) is 3.58. The monoisotopic (exact) mass is 327 g/mol. The van der Waals surface area contributed by atoms with E-state index >= 15 is 0 Å². The van der Waals surface area contributed by atoms with Crippen molar-refractivity contribution in [3.05, 3.63) is 42.0 Å². The van der Waals surface area contributed by atoms with Crippen molar-refractivity contribution in [3.63, 3.8) is 0 Å². The van der Waals surface area contributed by atoms with Gasteiger partial charge in [0.15, 0.2) is 0 Å². The van der Waals surface area contributed by atoms with Crippen molar-refractivity contribution in [1.82, 2.24) is 4.90 Å². The summed E-state index contributed by atoms with van der Waals surface area (Å²) in [6, 6.07) is 10.2. The van der Waals surface area contributed by atoms with Crippen LogP contribution in [0.2, 0.25) is 0 Å². The highest BCUT2D eigenvalue weighted by molar-refractivity contribution is 5.81. The number of benzene rings is 1. The van der Waals surface area contributed by atoms with Crippen LogP contribution in [0.25, 0.3) is 6.08 Å². The summed E-state index contributed by atoms with van der Waals surface area (Å²) in [5.74, 6) is -1.07. The molecule has 2 aliphatic rings. The second-order valence-electron chi connectivity index (χ2n) is 6.91. The van der Waals surface area contributed by atoms with Crippen molar-refractivity contribution >= 4 is 18.0 Å². The van der Waals surface area contributed by atoms with Crippen molar-refractivity contribution < 1.29 is 14.7 Å². The number of rotatable bonds is 4. The van der Waals surface area contributed by atoms with Crippen molar-refractivity contribution in [2.45, 2.75) is 44.6 Å². The Hall–Kier alpha value is -2.10. The first-order valence-corrected chi connectivity index (χ1v) is 8.91. The smallest absolute Gasteiger partial charge is 0.306 e. The van der Waals surface area contributed by atoms with Gasteiger partial charge in [-0.15, -0.1) is 0 Å². The minimum absolute atomic E-state index is 0.120. The quantitative estimate of drug-likeness (QED) is 0.919. The largest absolute Gasteiger partial charge is 0.481 e. The molecule has 1 aromatic carbocycles. The fourth-order valence-corrected chi connectivity index (χ4v) is 3.93. The van der Waals surface area contributed by atoms with E-state index in [9.17, 15) is 14.7 Å². The fourth-order valence-electron chi connectivity index (χ4n) is 3.93. The van der Waals surface area contributed by atoms with Crippen LogP contribution in [0.3, 0.4) is 0 Å². The molecule has 1 heterocycles. The zero-order valence-corrected chi connectivity index (χ0v) is 13.9. The van der Waals surface area contributed by atoms with E-state index in [-0.39, 0.29) is 23.8 Å². The molecule has 128 valence electrons. The van der Waals surface area contributed by atoms with E-state index in [1.807, 2.05) is 23.1 Å².